The zero-order valence-corrected chi connectivity index (χ0v) is 11.7. The molecule has 108 valence electrons. The number of hydrogen-bond donors (Lipinski definition) is 2. The first-order valence-corrected chi connectivity index (χ1v) is 6.55. The summed E-state index contributed by atoms with van der Waals surface area (Å²) in [5, 5.41) is 4.59. The third-order valence-corrected chi connectivity index (χ3v) is 3.32. The molecule has 0 aliphatic carbocycles. The van der Waals surface area contributed by atoms with Gasteiger partial charge in [0.2, 0.25) is 0 Å². The van der Waals surface area contributed by atoms with E-state index in [1.165, 1.54) is 18.3 Å². The van der Waals surface area contributed by atoms with Crippen LogP contribution >= 0.6 is 11.6 Å². The Morgan fingerprint density at radius 1 is 1.35 bits per heavy atom. The van der Waals surface area contributed by atoms with Gasteiger partial charge in [-0.1, -0.05) is 11.6 Å². The lowest BCUT2D eigenvalue weighted by Gasteiger charge is -2.18. The van der Waals surface area contributed by atoms with E-state index >= 15 is 0 Å². The Kier molecular flexibility index (Phi) is 4.69. The minimum atomic E-state index is -0.620. The van der Waals surface area contributed by atoms with Gasteiger partial charge in [-0.05, 0) is 31.0 Å². The summed E-state index contributed by atoms with van der Waals surface area (Å²) < 4.78 is 28.1. The SMILES string of the molecule is CCn1ncc(Cl)c1C(Cc1cc(F)cc(F)c1)NN. The number of benzene rings is 1. The van der Waals surface area contributed by atoms with E-state index in [0.29, 0.717) is 29.2 Å². The third-order valence-electron chi connectivity index (χ3n) is 3.03. The molecule has 0 bridgehead atoms. The van der Waals surface area contributed by atoms with Gasteiger partial charge in [-0.15, -0.1) is 0 Å². The predicted molar refractivity (Wildman–Crippen MR) is 73.0 cm³/mol. The van der Waals surface area contributed by atoms with E-state index in [1.54, 1.807) is 4.68 Å². The maximum absolute atomic E-state index is 13.2. The molecule has 0 amide bonds. The molecule has 3 N–H and O–H groups in total. The minimum absolute atomic E-state index is 0.302. The molecule has 0 aliphatic heterocycles. The second-order valence-corrected chi connectivity index (χ2v) is 4.80. The summed E-state index contributed by atoms with van der Waals surface area (Å²) in [5.41, 5.74) is 3.80. The quantitative estimate of drug-likeness (QED) is 0.659. The van der Waals surface area contributed by atoms with Crippen molar-refractivity contribution in [2.24, 2.45) is 5.84 Å². The topological polar surface area (TPSA) is 55.9 Å². The van der Waals surface area contributed by atoms with Gasteiger partial charge in [0.05, 0.1) is 23.0 Å². The van der Waals surface area contributed by atoms with Crippen LogP contribution in [0, 0.1) is 11.6 Å². The van der Waals surface area contributed by atoms with Gasteiger partial charge in [0.15, 0.2) is 0 Å². The highest BCUT2D eigenvalue weighted by Crippen LogP contribution is 2.25. The summed E-state index contributed by atoms with van der Waals surface area (Å²) in [6.45, 7) is 2.54. The lowest BCUT2D eigenvalue weighted by Crippen LogP contribution is -2.31. The molecular weight excluding hydrogens is 286 g/mol. The monoisotopic (exact) mass is 300 g/mol. The van der Waals surface area contributed by atoms with Gasteiger partial charge < -0.3 is 0 Å². The zero-order valence-electron chi connectivity index (χ0n) is 10.9. The smallest absolute Gasteiger partial charge is 0.126 e. The molecule has 0 fully saturated rings. The minimum Gasteiger partial charge on any atom is -0.271 e. The number of nitrogens with two attached hydrogens (primary N) is 1. The van der Waals surface area contributed by atoms with Crippen LogP contribution in [0.15, 0.2) is 24.4 Å². The van der Waals surface area contributed by atoms with Gasteiger partial charge in [-0.3, -0.25) is 16.0 Å². The van der Waals surface area contributed by atoms with Crippen molar-refractivity contribution in [3.8, 4) is 0 Å². The normalized spacial score (nSPS) is 12.7. The lowest BCUT2D eigenvalue weighted by molar-refractivity contribution is 0.487. The predicted octanol–water partition coefficient (Wildman–Crippen LogP) is 2.58. The fraction of sp³-hybridized carbons (Fsp3) is 0.308. The van der Waals surface area contributed by atoms with Crippen molar-refractivity contribution in [1.82, 2.24) is 15.2 Å². The van der Waals surface area contributed by atoms with Crippen LogP contribution in [0.5, 0.6) is 0 Å². The Hall–Kier alpha value is -1.50. The van der Waals surface area contributed by atoms with E-state index < -0.39 is 11.6 Å². The van der Waals surface area contributed by atoms with E-state index in [0.717, 1.165) is 6.07 Å². The summed E-state index contributed by atoms with van der Waals surface area (Å²) in [5.74, 6) is 4.30. The molecule has 2 rings (SSSR count). The largest absolute Gasteiger partial charge is 0.271 e. The van der Waals surface area contributed by atoms with Crippen LogP contribution in [0.4, 0.5) is 8.78 Å². The highest BCUT2D eigenvalue weighted by atomic mass is 35.5. The average molecular weight is 301 g/mol. The Labute approximate surface area is 120 Å². The summed E-state index contributed by atoms with van der Waals surface area (Å²) >= 11 is 6.10. The average Bonchev–Trinajstić information content (AvgIpc) is 2.76. The number of rotatable bonds is 5. The molecule has 1 heterocycles. The molecule has 0 saturated carbocycles. The van der Waals surface area contributed by atoms with Gasteiger partial charge in [-0.2, -0.15) is 5.10 Å². The van der Waals surface area contributed by atoms with E-state index in [1.807, 2.05) is 6.92 Å². The van der Waals surface area contributed by atoms with Crippen molar-refractivity contribution in [1.29, 1.82) is 0 Å². The van der Waals surface area contributed by atoms with E-state index in [2.05, 4.69) is 10.5 Å². The van der Waals surface area contributed by atoms with Crippen LogP contribution in [-0.2, 0) is 13.0 Å². The van der Waals surface area contributed by atoms with Crippen molar-refractivity contribution >= 4 is 11.6 Å². The number of aryl methyl sites for hydroxylation is 1. The lowest BCUT2D eigenvalue weighted by atomic mass is 10.0. The Morgan fingerprint density at radius 3 is 2.55 bits per heavy atom. The molecule has 20 heavy (non-hydrogen) atoms. The number of hydrogen-bond acceptors (Lipinski definition) is 3. The Balaban J connectivity index is 2.31. The summed E-state index contributed by atoms with van der Waals surface area (Å²) in [7, 11) is 0. The first-order chi connectivity index (χ1) is 9.55. The molecular formula is C13H15ClF2N4. The Bertz CT molecular complexity index is 580. The van der Waals surface area contributed by atoms with Gasteiger partial charge in [-0.25, -0.2) is 8.78 Å². The number of nitrogens with one attached hydrogen (secondary N) is 1. The van der Waals surface area contributed by atoms with Crippen LogP contribution < -0.4 is 11.3 Å². The molecule has 1 aromatic carbocycles. The van der Waals surface area contributed by atoms with E-state index in [9.17, 15) is 8.78 Å². The van der Waals surface area contributed by atoms with E-state index in [4.69, 9.17) is 17.4 Å². The van der Waals surface area contributed by atoms with Crippen molar-refractivity contribution in [3.63, 3.8) is 0 Å². The van der Waals surface area contributed by atoms with Crippen LogP contribution in [0.1, 0.15) is 24.2 Å². The summed E-state index contributed by atoms with van der Waals surface area (Å²) in [6.07, 6.45) is 1.83. The Morgan fingerprint density at radius 2 is 2.00 bits per heavy atom. The fourth-order valence-corrected chi connectivity index (χ4v) is 2.44. The molecule has 4 nitrogen and oxygen atoms in total. The van der Waals surface area contributed by atoms with Gasteiger partial charge in [0, 0.05) is 12.6 Å². The number of halogens is 3. The number of aromatic nitrogens is 2. The zero-order chi connectivity index (χ0) is 14.7. The van der Waals surface area contributed by atoms with Crippen LogP contribution in [-0.4, -0.2) is 9.78 Å². The molecule has 0 spiro atoms. The molecule has 0 saturated heterocycles. The van der Waals surface area contributed by atoms with Gasteiger partial charge >= 0.3 is 0 Å². The molecule has 2 aromatic rings. The van der Waals surface area contributed by atoms with Crippen molar-refractivity contribution in [3.05, 3.63) is 52.3 Å². The first kappa shape index (κ1) is 14.9. The van der Waals surface area contributed by atoms with Crippen LogP contribution in [0.3, 0.4) is 0 Å². The van der Waals surface area contributed by atoms with Crippen LogP contribution in [0.25, 0.3) is 0 Å². The summed E-state index contributed by atoms with van der Waals surface area (Å²) in [6, 6.07) is 2.99. The molecule has 1 aromatic heterocycles. The number of hydrazine groups is 1. The standard InChI is InChI=1S/C13H15ClF2N4/c1-2-20-13(11(14)7-18-20)12(19-17)5-8-3-9(15)6-10(16)4-8/h3-4,6-7,12,19H,2,5,17H2,1H3. The second-order valence-electron chi connectivity index (χ2n) is 4.39. The first-order valence-electron chi connectivity index (χ1n) is 6.17. The number of nitrogens with zero attached hydrogens (tertiary/aromatic N) is 2. The second kappa shape index (κ2) is 6.30. The van der Waals surface area contributed by atoms with Crippen molar-refractivity contribution in [2.75, 3.05) is 0 Å². The van der Waals surface area contributed by atoms with Crippen molar-refractivity contribution < 1.29 is 8.78 Å². The molecule has 0 radical (unpaired) electrons. The van der Waals surface area contributed by atoms with Gasteiger partial charge in [0.1, 0.15) is 11.6 Å². The maximum Gasteiger partial charge on any atom is 0.126 e. The maximum atomic E-state index is 13.2. The molecule has 1 atom stereocenters. The molecule has 7 heteroatoms. The third kappa shape index (κ3) is 3.15. The molecule has 0 aliphatic rings. The highest BCUT2D eigenvalue weighted by molar-refractivity contribution is 6.31. The van der Waals surface area contributed by atoms with Crippen LogP contribution in [0.2, 0.25) is 5.02 Å². The van der Waals surface area contributed by atoms with Crippen molar-refractivity contribution in [2.45, 2.75) is 25.9 Å². The van der Waals surface area contributed by atoms with E-state index in [-0.39, 0.29) is 6.04 Å². The summed E-state index contributed by atoms with van der Waals surface area (Å²) in [4.78, 5) is 0. The highest BCUT2D eigenvalue weighted by Gasteiger charge is 2.19. The van der Waals surface area contributed by atoms with Gasteiger partial charge in [0.25, 0.3) is 0 Å². The fourth-order valence-electron chi connectivity index (χ4n) is 2.17. The molecule has 1 unspecified atom stereocenters.